The van der Waals surface area contributed by atoms with Gasteiger partial charge < -0.3 is 0 Å². The Bertz CT molecular complexity index is 1130. The van der Waals surface area contributed by atoms with Crippen molar-refractivity contribution in [2.75, 3.05) is 0 Å². The minimum Gasteiger partial charge on any atom is -0.0654 e. The van der Waals surface area contributed by atoms with Crippen molar-refractivity contribution >= 4 is 32.3 Å². The monoisotopic (exact) mass is 368 g/mol. The maximum atomic E-state index is 2.45. The third-order valence-electron chi connectivity index (χ3n) is 6.70. The molecule has 0 fully saturated rings. The summed E-state index contributed by atoms with van der Waals surface area (Å²) in [5.41, 5.74) is 3.10. The molecule has 0 heterocycles. The van der Waals surface area contributed by atoms with Gasteiger partial charge in [-0.25, -0.2) is 0 Å². The van der Waals surface area contributed by atoms with Crippen molar-refractivity contribution < 1.29 is 0 Å². The molecule has 0 aromatic heterocycles. The molecule has 0 bridgehead atoms. The molecular weight excluding hydrogens is 336 g/mol. The van der Waals surface area contributed by atoms with Crippen molar-refractivity contribution in [1.82, 2.24) is 0 Å². The zero-order chi connectivity index (χ0) is 19.9. The number of benzene rings is 4. The van der Waals surface area contributed by atoms with Crippen LogP contribution in [0.4, 0.5) is 0 Å². The Morgan fingerprint density at radius 2 is 1.29 bits per heavy atom. The third-order valence-corrected chi connectivity index (χ3v) is 6.70. The summed E-state index contributed by atoms with van der Waals surface area (Å²) in [4.78, 5) is 0. The summed E-state index contributed by atoms with van der Waals surface area (Å²) in [7, 11) is 0. The molecule has 0 spiro atoms. The van der Waals surface area contributed by atoms with E-state index in [2.05, 4.69) is 95.3 Å². The van der Waals surface area contributed by atoms with E-state index in [-0.39, 0.29) is 5.41 Å². The largest absolute Gasteiger partial charge is 0.0654 e. The van der Waals surface area contributed by atoms with Crippen molar-refractivity contribution in [3.8, 4) is 0 Å². The van der Waals surface area contributed by atoms with Gasteiger partial charge in [-0.05, 0) is 73.7 Å². The van der Waals surface area contributed by atoms with Crippen LogP contribution >= 0.6 is 0 Å². The first-order chi connectivity index (χ1) is 13.5. The Morgan fingerprint density at radius 3 is 1.89 bits per heavy atom. The maximum Gasteiger partial charge on any atom is -0.00960 e. The fraction of sp³-hybridized carbons (Fsp3) is 0.357. The summed E-state index contributed by atoms with van der Waals surface area (Å²) in [5.74, 6) is 0.594. The molecule has 0 N–H and O–H groups in total. The van der Waals surface area contributed by atoms with Crippen LogP contribution in [-0.4, -0.2) is 0 Å². The van der Waals surface area contributed by atoms with Crippen molar-refractivity contribution in [3.63, 3.8) is 0 Å². The third kappa shape index (κ3) is 3.09. The Morgan fingerprint density at radius 1 is 0.714 bits per heavy atom. The average Bonchev–Trinajstić information content (AvgIpc) is 2.72. The zero-order valence-electron chi connectivity index (χ0n) is 18.0. The van der Waals surface area contributed by atoms with Crippen LogP contribution in [-0.2, 0) is 5.41 Å². The molecular formula is C28H32. The lowest BCUT2D eigenvalue weighted by Gasteiger charge is -2.25. The fourth-order valence-corrected chi connectivity index (χ4v) is 4.71. The van der Waals surface area contributed by atoms with Crippen LogP contribution < -0.4 is 0 Å². The van der Waals surface area contributed by atoms with Gasteiger partial charge in [0.1, 0.15) is 0 Å². The molecule has 0 amide bonds. The Hall–Kier alpha value is -2.34. The van der Waals surface area contributed by atoms with Crippen LogP contribution in [0.15, 0.2) is 60.7 Å². The predicted molar refractivity (Wildman–Crippen MR) is 126 cm³/mol. The summed E-state index contributed by atoms with van der Waals surface area (Å²) in [6.45, 7) is 11.6. The van der Waals surface area contributed by atoms with Gasteiger partial charge in [0.15, 0.2) is 0 Å². The van der Waals surface area contributed by atoms with Crippen LogP contribution in [0.3, 0.4) is 0 Å². The first-order valence-corrected chi connectivity index (χ1v) is 10.8. The van der Waals surface area contributed by atoms with Crippen molar-refractivity contribution in [1.29, 1.82) is 0 Å². The highest BCUT2D eigenvalue weighted by Crippen LogP contribution is 2.39. The molecule has 4 aromatic rings. The number of rotatable bonds is 5. The maximum absolute atomic E-state index is 2.45. The molecule has 0 aliphatic carbocycles. The second kappa shape index (κ2) is 7.24. The molecule has 0 saturated heterocycles. The quantitative estimate of drug-likeness (QED) is 0.309. The highest BCUT2D eigenvalue weighted by Gasteiger charge is 2.20. The molecule has 0 nitrogen and oxygen atoms in total. The molecule has 1 unspecified atom stereocenters. The molecule has 0 heteroatoms. The number of hydrogen-bond donors (Lipinski definition) is 0. The van der Waals surface area contributed by atoms with Gasteiger partial charge in [-0.3, -0.25) is 0 Å². The Kier molecular flexibility index (Phi) is 4.91. The first-order valence-electron chi connectivity index (χ1n) is 10.8. The van der Waals surface area contributed by atoms with Gasteiger partial charge in [-0.1, -0.05) is 95.6 Å². The van der Waals surface area contributed by atoms with Crippen LogP contribution in [0.2, 0.25) is 0 Å². The Balaban J connectivity index is 2.07. The van der Waals surface area contributed by atoms with Crippen LogP contribution in [0.25, 0.3) is 32.3 Å². The molecule has 144 valence electrons. The molecule has 0 radical (unpaired) electrons. The van der Waals surface area contributed by atoms with Gasteiger partial charge >= 0.3 is 0 Å². The van der Waals surface area contributed by atoms with E-state index >= 15 is 0 Å². The van der Waals surface area contributed by atoms with Gasteiger partial charge in [0, 0.05) is 0 Å². The van der Waals surface area contributed by atoms with E-state index in [1.165, 1.54) is 62.7 Å². The minimum absolute atomic E-state index is 0.208. The van der Waals surface area contributed by atoms with Gasteiger partial charge in [0.2, 0.25) is 0 Å². The van der Waals surface area contributed by atoms with Crippen molar-refractivity contribution in [2.24, 2.45) is 0 Å². The lowest BCUT2D eigenvalue weighted by Crippen LogP contribution is -2.16. The molecule has 0 aliphatic rings. The second-order valence-electron chi connectivity index (χ2n) is 9.05. The number of hydrogen-bond acceptors (Lipinski definition) is 0. The van der Waals surface area contributed by atoms with Gasteiger partial charge in [0.25, 0.3) is 0 Å². The summed E-state index contributed by atoms with van der Waals surface area (Å²) < 4.78 is 0. The normalized spacial score (nSPS) is 13.5. The lowest BCUT2D eigenvalue weighted by atomic mass is 9.79. The number of fused-ring (bicyclic) bond motifs is 6. The topological polar surface area (TPSA) is 0 Å². The molecule has 0 saturated carbocycles. The van der Waals surface area contributed by atoms with Gasteiger partial charge in [0.05, 0.1) is 0 Å². The van der Waals surface area contributed by atoms with Crippen LogP contribution in [0.5, 0.6) is 0 Å². The van der Waals surface area contributed by atoms with E-state index in [0.29, 0.717) is 5.92 Å². The summed E-state index contributed by atoms with van der Waals surface area (Å²) >= 11 is 0. The van der Waals surface area contributed by atoms with E-state index in [0.717, 1.165) is 0 Å². The first kappa shape index (κ1) is 19.0. The second-order valence-corrected chi connectivity index (χ2v) is 9.05. The predicted octanol–water partition coefficient (Wildman–Crippen LogP) is 8.74. The summed E-state index contributed by atoms with van der Waals surface area (Å²) in [5, 5.41) is 8.28. The summed E-state index contributed by atoms with van der Waals surface area (Å²) in [6.07, 6.45) is 3.59. The van der Waals surface area contributed by atoms with Crippen LogP contribution in [0, 0.1) is 0 Å². The standard InChI is InChI=1S/C28H32/c1-6-16-28(4,5)21-13-15-25-24-14-12-20(19(3)7-2)17-26(24)22-10-8-9-11-23(22)27(25)18-21/h8-15,17-19H,6-7,16H2,1-5H3. The van der Waals surface area contributed by atoms with Crippen molar-refractivity contribution in [3.05, 3.63) is 71.8 Å². The van der Waals surface area contributed by atoms with E-state index in [1.807, 2.05) is 0 Å². The highest BCUT2D eigenvalue weighted by molar-refractivity contribution is 6.25. The van der Waals surface area contributed by atoms with Gasteiger partial charge in [-0.2, -0.15) is 0 Å². The SMILES string of the molecule is CCCC(C)(C)c1ccc2c3ccc(C(C)CC)cc3c3ccccc3c2c1. The smallest absolute Gasteiger partial charge is 0.00960 e. The van der Waals surface area contributed by atoms with E-state index in [1.54, 1.807) is 0 Å². The Labute approximate surface area is 169 Å². The minimum atomic E-state index is 0.208. The molecule has 0 aliphatic heterocycles. The molecule has 4 aromatic carbocycles. The summed E-state index contributed by atoms with van der Waals surface area (Å²) in [6, 6.07) is 23.2. The highest BCUT2D eigenvalue weighted by atomic mass is 14.2. The van der Waals surface area contributed by atoms with E-state index in [4.69, 9.17) is 0 Å². The molecule has 4 rings (SSSR count). The fourth-order valence-electron chi connectivity index (χ4n) is 4.71. The van der Waals surface area contributed by atoms with E-state index in [9.17, 15) is 0 Å². The average molecular weight is 369 g/mol. The molecule has 28 heavy (non-hydrogen) atoms. The van der Waals surface area contributed by atoms with E-state index < -0.39 is 0 Å². The zero-order valence-corrected chi connectivity index (χ0v) is 18.0. The van der Waals surface area contributed by atoms with Crippen LogP contribution in [0.1, 0.15) is 70.9 Å². The lowest BCUT2D eigenvalue weighted by molar-refractivity contribution is 0.473. The molecule has 1 atom stereocenters. The van der Waals surface area contributed by atoms with Gasteiger partial charge in [-0.15, -0.1) is 0 Å². The van der Waals surface area contributed by atoms with Crippen molar-refractivity contribution in [2.45, 2.75) is 65.2 Å².